The second-order valence-electron chi connectivity index (χ2n) is 4.89. The number of thiophene rings is 1. The Bertz CT molecular complexity index is 877. The molecule has 3 rings (SSSR count). The van der Waals surface area contributed by atoms with Crippen LogP contribution in [-0.2, 0) is 16.6 Å². The Kier molecular flexibility index (Phi) is 4.71. The third-order valence-electron chi connectivity index (χ3n) is 3.31. The standard InChI is InChI=1S/C17H14ClNO2S2/c18-16-11-12-17(22-16)23(20,21)19(15-9-5-2-6-10-15)13-14-7-3-1-4-8-14/h1-12H,13H2. The molecule has 0 unspecified atom stereocenters. The smallest absolute Gasteiger partial charge is 0.261 e. The van der Waals surface area contributed by atoms with Gasteiger partial charge in [0.25, 0.3) is 10.0 Å². The number of para-hydroxylation sites is 1. The van der Waals surface area contributed by atoms with Gasteiger partial charge < -0.3 is 0 Å². The van der Waals surface area contributed by atoms with Gasteiger partial charge in [-0.2, -0.15) is 0 Å². The van der Waals surface area contributed by atoms with Gasteiger partial charge in [0.15, 0.2) is 0 Å². The highest BCUT2D eigenvalue weighted by molar-refractivity contribution is 7.94. The van der Waals surface area contributed by atoms with Crippen molar-refractivity contribution in [1.82, 2.24) is 0 Å². The number of anilines is 1. The zero-order chi connectivity index (χ0) is 16.3. The molecule has 0 saturated heterocycles. The predicted molar refractivity (Wildman–Crippen MR) is 95.6 cm³/mol. The first-order valence-corrected chi connectivity index (χ1v) is 9.58. The number of benzene rings is 2. The lowest BCUT2D eigenvalue weighted by Crippen LogP contribution is -2.29. The summed E-state index contributed by atoms with van der Waals surface area (Å²) < 4.78 is 28.2. The van der Waals surface area contributed by atoms with Crippen LogP contribution in [-0.4, -0.2) is 8.42 Å². The normalized spacial score (nSPS) is 11.3. The largest absolute Gasteiger partial charge is 0.274 e. The molecule has 0 atom stereocenters. The molecule has 0 radical (unpaired) electrons. The fraction of sp³-hybridized carbons (Fsp3) is 0.0588. The number of hydrogen-bond acceptors (Lipinski definition) is 3. The lowest BCUT2D eigenvalue weighted by molar-refractivity contribution is 0.592. The highest BCUT2D eigenvalue weighted by Gasteiger charge is 2.26. The molecule has 0 aliphatic heterocycles. The first-order chi connectivity index (χ1) is 11.1. The summed E-state index contributed by atoms with van der Waals surface area (Å²) in [6.07, 6.45) is 0. The van der Waals surface area contributed by atoms with E-state index in [0.717, 1.165) is 16.9 Å². The maximum absolute atomic E-state index is 13.0. The fourth-order valence-corrected chi connectivity index (χ4v) is 5.25. The minimum Gasteiger partial charge on any atom is -0.261 e. The highest BCUT2D eigenvalue weighted by Crippen LogP contribution is 2.31. The lowest BCUT2D eigenvalue weighted by atomic mass is 10.2. The molecule has 0 N–H and O–H groups in total. The highest BCUT2D eigenvalue weighted by atomic mass is 35.5. The molecule has 3 nitrogen and oxygen atoms in total. The predicted octanol–water partition coefficient (Wildman–Crippen LogP) is 4.80. The molecule has 118 valence electrons. The van der Waals surface area contributed by atoms with Crippen LogP contribution >= 0.6 is 22.9 Å². The van der Waals surface area contributed by atoms with Gasteiger partial charge in [0.2, 0.25) is 0 Å². The van der Waals surface area contributed by atoms with Crippen molar-refractivity contribution in [2.24, 2.45) is 0 Å². The van der Waals surface area contributed by atoms with Crippen molar-refractivity contribution in [2.75, 3.05) is 4.31 Å². The molecule has 0 fully saturated rings. The minimum absolute atomic E-state index is 0.238. The van der Waals surface area contributed by atoms with E-state index in [1.165, 1.54) is 4.31 Å². The van der Waals surface area contributed by atoms with Crippen molar-refractivity contribution in [3.8, 4) is 0 Å². The van der Waals surface area contributed by atoms with Crippen LogP contribution in [0.3, 0.4) is 0 Å². The molecule has 0 amide bonds. The minimum atomic E-state index is -3.66. The SMILES string of the molecule is O=S(=O)(c1ccc(Cl)s1)N(Cc1ccccc1)c1ccccc1. The number of sulfonamides is 1. The van der Waals surface area contributed by atoms with Crippen LogP contribution in [0.5, 0.6) is 0 Å². The second kappa shape index (κ2) is 6.74. The van der Waals surface area contributed by atoms with Crippen molar-refractivity contribution in [3.63, 3.8) is 0 Å². The Balaban J connectivity index is 2.05. The van der Waals surface area contributed by atoms with Crippen molar-refractivity contribution in [3.05, 3.63) is 82.7 Å². The molecular weight excluding hydrogens is 350 g/mol. The van der Waals surface area contributed by atoms with Crippen molar-refractivity contribution in [1.29, 1.82) is 0 Å². The molecule has 2 aromatic carbocycles. The topological polar surface area (TPSA) is 37.4 Å². The van der Waals surface area contributed by atoms with Gasteiger partial charge in [-0.25, -0.2) is 8.42 Å². The van der Waals surface area contributed by atoms with Crippen molar-refractivity contribution >= 4 is 38.6 Å². The second-order valence-corrected chi connectivity index (χ2v) is 8.70. The van der Waals surface area contributed by atoms with Crippen LogP contribution in [0.1, 0.15) is 5.56 Å². The fourth-order valence-electron chi connectivity index (χ4n) is 2.20. The Morgan fingerprint density at radius 2 is 1.48 bits per heavy atom. The molecular formula is C17H14ClNO2S2. The number of rotatable bonds is 5. The lowest BCUT2D eigenvalue weighted by Gasteiger charge is -2.24. The van der Waals surface area contributed by atoms with E-state index in [9.17, 15) is 8.42 Å². The zero-order valence-electron chi connectivity index (χ0n) is 12.1. The monoisotopic (exact) mass is 363 g/mol. The zero-order valence-corrected chi connectivity index (χ0v) is 14.5. The first kappa shape index (κ1) is 16.1. The number of nitrogens with zero attached hydrogens (tertiary/aromatic N) is 1. The molecule has 0 bridgehead atoms. The summed E-state index contributed by atoms with van der Waals surface area (Å²) in [6, 6.07) is 21.7. The van der Waals surface area contributed by atoms with E-state index >= 15 is 0 Å². The maximum Gasteiger partial charge on any atom is 0.274 e. The van der Waals surface area contributed by atoms with E-state index in [1.807, 2.05) is 48.5 Å². The summed E-state index contributed by atoms with van der Waals surface area (Å²) in [5.41, 5.74) is 1.54. The molecule has 1 aromatic heterocycles. The number of halogens is 1. The molecule has 23 heavy (non-hydrogen) atoms. The summed E-state index contributed by atoms with van der Waals surface area (Å²) in [7, 11) is -3.66. The molecule has 0 spiro atoms. The van der Waals surface area contributed by atoms with Gasteiger partial charge in [0, 0.05) is 0 Å². The summed E-state index contributed by atoms with van der Waals surface area (Å²) in [5.74, 6) is 0. The molecule has 1 heterocycles. The van der Waals surface area contributed by atoms with Gasteiger partial charge in [0.05, 0.1) is 16.6 Å². The summed E-state index contributed by atoms with van der Waals surface area (Å²) in [4.78, 5) is 0. The van der Waals surface area contributed by atoms with Gasteiger partial charge in [-0.05, 0) is 29.8 Å². The van der Waals surface area contributed by atoms with Crippen LogP contribution in [0.2, 0.25) is 4.34 Å². The first-order valence-electron chi connectivity index (χ1n) is 6.94. The van der Waals surface area contributed by atoms with E-state index in [4.69, 9.17) is 11.6 Å². The van der Waals surface area contributed by atoms with Crippen LogP contribution in [0.4, 0.5) is 5.69 Å². The molecule has 6 heteroatoms. The van der Waals surface area contributed by atoms with Gasteiger partial charge >= 0.3 is 0 Å². The molecule has 3 aromatic rings. The quantitative estimate of drug-likeness (QED) is 0.653. The third kappa shape index (κ3) is 3.58. The van der Waals surface area contributed by atoms with Crippen molar-refractivity contribution < 1.29 is 8.42 Å². The Hall–Kier alpha value is -1.82. The Labute approximate surface area is 144 Å². The van der Waals surface area contributed by atoms with E-state index < -0.39 is 10.0 Å². The Morgan fingerprint density at radius 3 is 2.04 bits per heavy atom. The third-order valence-corrected chi connectivity index (χ3v) is 6.78. The van der Waals surface area contributed by atoms with Crippen LogP contribution < -0.4 is 4.31 Å². The maximum atomic E-state index is 13.0. The molecule has 0 aliphatic carbocycles. The van der Waals surface area contributed by atoms with Gasteiger partial charge in [-0.3, -0.25) is 4.31 Å². The van der Waals surface area contributed by atoms with Gasteiger partial charge in [0.1, 0.15) is 4.21 Å². The van der Waals surface area contributed by atoms with Crippen LogP contribution in [0.15, 0.2) is 77.0 Å². The Morgan fingerprint density at radius 1 is 0.870 bits per heavy atom. The summed E-state index contributed by atoms with van der Waals surface area (Å²) in [5, 5.41) is 0. The van der Waals surface area contributed by atoms with Crippen LogP contribution in [0.25, 0.3) is 0 Å². The van der Waals surface area contributed by atoms with E-state index in [2.05, 4.69) is 0 Å². The molecule has 0 saturated carbocycles. The summed E-state index contributed by atoms with van der Waals surface area (Å²) >= 11 is 6.98. The average Bonchev–Trinajstić information content (AvgIpc) is 3.02. The molecule has 0 aliphatic rings. The van der Waals surface area contributed by atoms with Crippen LogP contribution in [0, 0.1) is 0 Å². The average molecular weight is 364 g/mol. The number of hydrogen-bond donors (Lipinski definition) is 0. The van der Waals surface area contributed by atoms with E-state index in [1.54, 1.807) is 24.3 Å². The van der Waals surface area contributed by atoms with Gasteiger partial charge in [-0.15, -0.1) is 11.3 Å². The van der Waals surface area contributed by atoms with E-state index in [0.29, 0.717) is 10.0 Å². The van der Waals surface area contributed by atoms with Crippen molar-refractivity contribution in [2.45, 2.75) is 10.8 Å². The van der Waals surface area contributed by atoms with Gasteiger partial charge in [-0.1, -0.05) is 60.1 Å². The summed E-state index contributed by atoms with van der Waals surface area (Å²) in [6.45, 7) is 0.267. The van der Waals surface area contributed by atoms with E-state index in [-0.39, 0.29) is 10.8 Å².